The second kappa shape index (κ2) is 5.84. The smallest absolute Gasteiger partial charge is 0.230 e. The first-order valence-corrected chi connectivity index (χ1v) is 8.30. The number of carbonyl (C=O) groups is 1. The summed E-state index contributed by atoms with van der Waals surface area (Å²) in [6.45, 7) is 8.85. The van der Waals surface area contributed by atoms with Crippen LogP contribution in [-0.4, -0.2) is 21.7 Å². The summed E-state index contributed by atoms with van der Waals surface area (Å²) in [5.74, 6) is 0.150. The molecule has 1 aromatic heterocycles. The lowest BCUT2D eigenvalue weighted by Crippen LogP contribution is -2.42. The first-order chi connectivity index (χ1) is 10.9. The number of hydrogen-bond acceptors (Lipinski definition) is 2. The van der Waals surface area contributed by atoms with Crippen molar-refractivity contribution in [1.82, 2.24) is 15.1 Å². The van der Waals surface area contributed by atoms with Gasteiger partial charge in [-0.1, -0.05) is 29.8 Å². The van der Waals surface area contributed by atoms with Crippen LogP contribution in [0.5, 0.6) is 0 Å². The number of nitrogens with one attached hydrogen (secondary N) is 1. The zero-order valence-electron chi connectivity index (χ0n) is 14.4. The van der Waals surface area contributed by atoms with E-state index in [0.717, 1.165) is 29.8 Å². The van der Waals surface area contributed by atoms with Gasteiger partial charge in [0.15, 0.2) is 0 Å². The van der Waals surface area contributed by atoms with Crippen molar-refractivity contribution in [3.8, 4) is 0 Å². The van der Waals surface area contributed by atoms with Crippen molar-refractivity contribution in [2.75, 3.05) is 0 Å². The molecule has 3 rings (SSSR count). The maximum Gasteiger partial charge on any atom is 0.230 e. The third-order valence-corrected chi connectivity index (χ3v) is 4.68. The highest BCUT2D eigenvalue weighted by molar-refractivity contribution is 5.91. The van der Waals surface area contributed by atoms with Gasteiger partial charge in [0, 0.05) is 11.7 Å². The van der Waals surface area contributed by atoms with Crippen LogP contribution >= 0.6 is 0 Å². The van der Waals surface area contributed by atoms with E-state index in [9.17, 15) is 4.79 Å². The van der Waals surface area contributed by atoms with Crippen LogP contribution in [0.4, 0.5) is 0 Å². The van der Waals surface area contributed by atoms with E-state index in [4.69, 9.17) is 0 Å². The zero-order valence-corrected chi connectivity index (χ0v) is 14.4. The fourth-order valence-electron chi connectivity index (χ4n) is 3.24. The average molecular weight is 311 g/mol. The van der Waals surface area contributed by atoms with Gasteiger partial charge in [-0.3, -0.25) is 9.48 Å². The van der Waals surface area contributed by atoms with Crippen LogP contribution in [0, 0.1) is 20.8 Å². The molecule has 0 unspecified atom stereocenters. The first kappa shape index (κ1) is 15.8. The fraction of sp³-hybridized carbons (Fsp3) is 0.474. The maximum absolute atomic E-state index is 12.8. The van der Waals surface area contributed by atoms with Crippen LogP contribution < -0.4 is 5.32 Å². The topological polar surface area (TPSA) is 46.9 Å². The monoisotopic (exact) mass is 311 g/mol. The summed E-state index contributed by atoms with van der Waals surface area (Å²) in [6, 6.07) is 10.4. The van der Waals surface area contributed by atoms with Gasteiger partial charge in [-0.25, -0.2) is 0 Å². The van der Waals surface area contributed by atoms with Crippen LogP contribution in [0.1, 0.15) is 42.3 Å². The highest BCUT2D eigenvalue weighted by Gasteiger charge is 2.51. The van der Waals surface area contributed by atoms with Crippen LogP contribution in [0.25, 0.3) is 0 Å². The lowest BCUT2D eigenvalue weighted by molar-refractivity contribution is -0.124. The molecular weight excluding hydrogens is 286 g/mol. The van der Waals surface area contributed by atoms with Gasteiger partial charge in [0.2, 0.25) is 5.91 Å². The molecule has 0 saturated heterocycles. The van der Waals surface area contributed by atoms with Crippen molar-refractivity contribution in [3.05, 3.63) is 52.8 Å². The molecule has 0 aliphatic heterocycles. The maximum atomic E-state index is 12.8. The Hall–Kier alpha value is -2.10. The van der Waals surface area contributed by atoms with E-state index < -0.39 is 0 Å². The van der Waals surface area contributed by atoms with Crippen LogP contribution in [0.3, 0.4) is 0 Å². The number of aryl methyl sites for hydroxylation is 3. The number of carbonyl (C=O) groups excluding carboxylic acids is 1. The van der Waals surface area contributed by atoms with Gasteiger partial charge < -0.3 is 5.32 Å². The molecule has 1 fully saturated rings. The molecule has 0 radical (unpaired) electrons. The van der Waals surface area contributed by atoms with Crippen molar-refractivity contribution < 1.29 is 4.79 Å². The lowest BCUT2D eigenvalue weighted by atomic mass is 9.93. The lowest BCUT2D eigenvalue weighted by Gasteiger charge is -2.21. The van der Waals surface area contributed by atoms with Crippen molar-refractivity contribution in [2.45, 2.75) is 58.5 Å². The molecule has 122 valence electrons. The molecule has 23 heavy (non-hydrogen) atoms. The van der Waals surface area contributed by atoms with E-state index in [0.29, 0.717) is 6.54 Å². The number of aromatic nitrogens is 2. The van der Waals surface area contributed by atoms with E-state index in [1.54, 1.807) is 0 Å². The summed E-state index contributed by atoms with van der Waals surface area (Å²) in [7, 11) is 0. The number of nitrogens with zero attached hydrogens (tertiary/aromatic N) is 2. The number of rotatable bonds is 5. The quantitative estimate of drug-likeness (QED) is 0.922. The van der Waals surface area contributed by atoms with Gasteiger partial charge in [0.05, 0.1) is 17.7 Å². The normalized spacial score (nSPS) is 16.9. The molecule has 1 atom stereocenters. The fourth-order valence-corrected chi connectivity index (χ4v) is 3.24. The first-order valence-electron chi connectivity index (χ1n) is 8.30. The second-order valence-electron chi connectivity index (χ2n) is 6.94. The Balaban J connectivity index is 1.68. The molecule has 0 spiro atoms. The van der Waals surface area contributed by atoms with Crippen molar-refractivity contribution in [2.24, 2.45) is 0 Å². The largest absolute Gasteiger partial charge is 0.351 e. The standard InChI is InChI=1S/C19H25N3O/c1-13-6-5-7-17(10-13)19(8-9-19)18(23)20-15(3)12-22-16(4)11-14(2)21-22/h5-7,10-11,15H,8-9,12H2,1-4H3,(H,20,23)/t15-/m1/s1. The number of benzene rings is 1. The van der Waals surface area contributed by atoms with E-state index >= 15 is 0 Å². The summed E-state index contributed by atoms with van der Waals surface area (Å²) >= 11 is 0. The van der Waals surface area contributed by atoms with E-state index in [1.807, 2.05) is 31.5 Å². The molecule has 2 aromatic rings. The average Bonchev–Trinajstić information content (AvgIpc) is 3.22. The molecule has 1 N–H and O–H groups in total. The van der Waals surface area contributed by atoms with Crippen molar-refractivity contribution in [1.29, 1.82) is 0 Å². The minimum absolute atomic E-state index is 0.0581. The molecule has 1 aliphatic carbocycles. The van der Waals surface area contributed by atoms with E-state index in [2.05, 4.69) is 41.6 Å². The molecular formula is C19H25N3O. The van der Waals surface area contributed by atoms with Gasteiger partial charge in [-0.2, -0.15) is 5.10 Å². The van der Waals surface area contributed by atoms with Gasteiger partial charge >= 0.3 is 0 Å². The highest BCUT2D eigenvalue weighted by Crippen LogP contribution is 2.48. The molecule has 1 aromatic carbocycles. The molecule has 0 bridgehead atoms. The Bertz CT molecular complexity index is 728. The van der Waals surface area contributed by atoms with Gasteiger partial charge in [0.1, 0.15) is 0 Å². The SMILES string of the molecule is Cc1cccc(C2(C(=O)N[C@H](C)Cn3nc(C)cc3C)CC2)c1. The molecule has 1 amide bonds. The van der Waals surface area contributed by atoms with Crippen molar-refractivity contribution >= 4 is 5.91 Å². The predicted molar refractivity (Wildman–Crippen MR) is 91.4 cm³/mol. The third kappa shape index (κ3) is 3.16. The third-order valence-electron chi connectivity index (χ3n) is 4.68. The van der Waals surface area contributed by atoms with E-state index in [-0.39, 0.29) is 17.4 Å². The Labute approximate surface area is 137 Å². The van der Waals surface area contributed by atoms with E-state index in [1.165, 1.54) is 5.56 Å². The van der Waals surface area contributed by atoms with Gasteiger partial charge in [-0.05, 0) is 52.2 Å². The van der Waals surface area contributed by atoms with Crippen LogP contribution in [0.2, 0.25) is 0 Å². The minimum Gasteiger partial charge on any atom is -0.351 e. The Morgan fingerprint density at radius 1 is 1.30 bits per heavy atom. The number of amides is 1. The molecule has 1 heterocycles. The Kier molecular flexibility index (Phi) is 4.00. The van der Waals surface area contributed by atoms with Crippen LogP contribution in [0.15, 0.2) is 30.3 Å². The Morgan fingerprint density at radius 2 is 2.04 bits per heavy atom. The summed E-state index contributed by atoms with van der Waals surface area (Å²) in [6.07, 6.45) is 1.88. The minimum atomic E-state index is -0.310. The molecule has 1 aliphatic rings. The zero-order chi connectivity index (χ0) is 16.6. The highest BCUT2D eigenvalue weighted by atomic mass is 16.2. The van der Waals surface area contributed by atoms with Gasteiger partial charge in [0.25, 0.3) is 0 Å². The van der Waals surface area contributed by atoms with Crippen LogP contribution in [-0.2, 0) is 16.8 Å². The van der Waals surface area contributed by atoms with Gasteiger partial charge in [-0.15, -0.1) is 0 Å². The molecule has 4 nitrogen and oxygen atoms in total. The molecule has 4 heteroatoms. The number of hydrogen-bond donors (Lipinski definition) is 1. The summed E-state index contributed by atoms with van der Waals surface area (Å²) in [5.41, 5.74) is 4.18. The summed E-state index contributed by atoms with van der Waals surface area (Å²) < 4.78 is 1.96. The van der Waals surface area contributed by atoms with Crippen molar-refractivity contribution in [3.63, 3.8) is 0 Å². The second-order valence-corrected chi connectivity index (χ2v) is 6.94. The molecule has 1 saturated carbocycles. The summed E-state index contributed by atoms with van der Waals surface area (Å²) in [4.78, 5) is 12.8. The predicted octanol–water partition coefficient (Wildman–Crippen LogP) is 3.04. The Morgan fingerprint density at radius 3 is 2.61 bits per heavy atom. The summed E-state index contributed by atoms with van der Waals surface area (Å²) in [5, 5.41) is 7.66.